The summed E-state index contributed by atoms with van der Waals surface area (Å²) in [4.78, 5) is 19.2. The van der Waals surface area contributed by atoms with Crippen molar-refractivity contribution in [2.45, 2.75) is 0 Å². The summed E-state index contributed by atoms with van der Waals surface area (Å²) in [6.45, 7) is 0. The van der Waals surface area contributed by atoms with Gasteiger partial charge in [-0.25, -0.2) is 4.98 Å². The fourth-order valence-electron chi connectivity index (χ4n) is 1.83. The lowest BCUT2D eigenvalue weighted by Gasteiger charge is -2.05. The zero-order chi connectivity index (χ0) is 13.2. The highest BCUT2D eigenvalue weighted by Crippen LogP contribution is 2.21. The Labute approximate surface area is 114 Å². The molecule has 0 saturated heterocycles. The SMILES string of the molecule is O=C(Nc1ccccc1Cl)c1cc2cccnc2[nH]1. The third-order valence-corrected chi connectivity index (χ3v) is 3.09. The molecule has 1 amide bonds. The van der Waals surface area contributed by atoms with Gasteiger partial charge in [0.1, 0.15) is 11.3 Å². The van der Waals surface area contributed by atoms with Gasteiger partial charge in [-0.15, -0.1) is 0 Å². The van der Waals surface area contributed by atoms with Crippen LogP contribution in [0.2, 0.25) is 5.02 Å². The van der Waals surface area contributed by atoms with E-state index in [9.17, 15) is 4.79 Å². The van der Waals surface area contributed by atoms with Gasteiger partial charge in [-0.05, 0) is 30.3 Å². The van der Waals surface area contributed by atoms with Gasteiger partial charge in [-0.1, -0.05) is 23.7 Å². The van der Waals surface area contributed by atoms with Crippen molar-refractivity contribution in [3.8, 4) is 0 Å². The largest absolute Gasteiger partial charge is 0.335 e. The van der Waals surface area contributed by atoms with Crippen LogP contribution in [-0.2, 0) is 0 Å². The second-order valence-electron chi connectivity index (χ2n) is 4.06. The average molecular weight is 272 g/mol. The first-order valence-corrected chi connectivity index (χ1v) is 6.11. The number of aromatic amines is 1. The molecular weight excluding hydrogens is 262 g/mol. The number of anilines is 1. The van der Waals surface area contributed by atoms with E-state index in [-0.39, 0.29) is 5.91 Å². The molecule has 5 heteroatoms. The maximum atomic E-state index is 12.1. The van der Waals surface area contributed by atoms with Gasteiger partial charge in [0.15, 0.2) is 0 Å². The molecule has 94 valence electrons. The van der Waals surface area contributed by atoms with E-state index in [0.29, 0.717) is 22.1 Å². The highest BCUT2D eigenvalue weighted by atomic mass is 35.5. The van der Waals surface area contributed by atoms with Crippen LogP contribution in [-0.4, -0.2) is 15.9 Å². The minimum atomic E-state index is -0.244. The molecule has 0 radical (unpaired) electrons. The number of pyridine rings is 1. The summed E-state index contributed by atoms with van der Waals surface area (Å²) in [5.74, 6) is -0.244. The maximum absolute atomic E-state index is 12.1. The van der Waals surface area contributed by atoms with Gasteiger partial charge in [-0.3, -0.25) is 4.79 Å². The second-order valence-corrected chi connectivity index (χ2v) is 4.47. The van der Waals surface area contributed by atoms with Crippen LogP contribution in [0.3, 0.4) is 0 Å². The highest BCUT2D eigenvalue weighted by molar-refractivity contribution is 6.33. The Bertz CT molecular complexity index is 718. The molecule has 3 rings (SSSR count). The van der Waals surface area contributed by atoms with Crippen LogP contribution in [0.15, 0.2) is 48.7 Å². The van der Waals surface area contributed by atoms with Crippen LogP contribution in [0.5, 0.6) is 0 Å². The van der Waals surface area contributed by atoms with Crippen molar-refractivity contribution in [2.24, 2.45) is 0 Å². The molecule has 0 aliphatic rings. The minimum Gasteiger partial charge on any atom is -0.335 e. The number of hydrogen-bond acceptors (Lipinski definition) is 2. The number of carbonyl (C=O) groups excluding carboxylic acids is 1. The van der Waals surface area contributed by atoms with Crippen molar-refractivity contribution in [1.29, 1.82) is 0 Å². The van der Waals surface area contributed by atoms with Gasteiger partial charge in [0.05, 0.1) is 10.7 Å². The zero-order valence-electron chi connectivity index (χ0n) is 9.85. The molecular formula is C14H10ClN3O. The predicted molar refractivity (Wildman–Crippen MR) is 75.5 cm³/mol. The van der Waals surface area contributed by atoms with Gasteiger partial charge in [0, 0.05) is 11.6 Å². The van der Waals surface area contributed by atoms with Crippen LogP contribution in [0, 0.1) is 0 Å². The van der Waals surface area contributed by atoms with E-state index in [4.69, 9.17) is 11.6 Å². The number of fused-ring (bicyclic) bond motifs is 1. The van der Waals surface area contributed by atoms with E-state index >= 15 is 0 Å². The number of aromatic nitrogens is 2. The van der Waals surface area contributed by atoms with Gasteiger partial charge in [-0.2, -0.15) is 0 Å². The molecule has 19 heavy (non-hydrogen) atoms. The molecule has 0 fully saturated rings. The number of rotatable bonds is 2. The van der Waals surface area contributed by atoms with Gasteiger partial charge < -0.3 is 10.3 Å². The first kappa shape index (κ1) is 11.7. The molecule has 1 aromatic carbocycles. The highest BCUT2D eigenvalue weighted by Gasteiger charge is 2.11. The summed E-state index contributed by atoms with van der Waals surface area (Å²) in [7, 11) is 0. The van der Waals surface area contributed by atoms with E-state index in [1.165, 1.54) is 0 Å². The normalized spacial score (nSPS) is 10.6. The summed E-state index contributed by atoms with van der Waals surface area (Å²) < 4.78 is 0. The predicted octanol–water partition coefficient (Wildman–Crippen LogP) is 3.47. The number of hydrogen-bond donors (Lipinski definition) is 2. The molecule has 2 heterocycles. The van der Waals surface area contributed by atoms with E-state index in [1.807, 2.05) is 24.3 Å². The van der Waals surface area contributed by atoms with Crippen molar-refractivity contribution in [1.82, 2.24) is 9.97 Å². The first-order chi connectivity index (χ1) is 9.24. The van der Waals surface area contributed by atoms with Crippen molar-refractivity contribution < 1.29 is 4.79 Å². The van der Waals surface area contributed by atoms with Crippen LogP contribution >= 0.6 is 11.6 Å². The second kappa shape index (κ2) is 4.74. The van der Waals surface area contributed by atoms with Crippen LogP contribution in [0.1, 0.15) is 10.5 Å². The number of halogens is 1. The zero-order valence-corrected chi connectivity index (χ0v) is 10.6. The Morgan fingerprint density at radius 1 is 1.21 bits per heavy atom. The molecule has 4 nitrogen and oxygen atoms in total. The molecule has 0 atom stereocenters. The topological polar surface area (TPSA) is 57.8 Å². The number of H-pyrrole nitrogens is 1. The summed E-state index contributed by atoms with van der Waals surface area (Å²) in [6.07, 6.45) is 1.68. The molecule has 2 aromatic heterocycles. The molecule has 2 N–H and O–H groups in total. The lowest BCUT2D eigenvalue weighted by atomic mass is 10.3. The smallest absolute Gasteiger partial charge is 0.272 e. The van der Waals surface area contributed by atoms with Crippen molar-refractivity contribution in [2.75, 3.05) is 5.32 Å². The number of nitrogens with zero attached hydrogens (tertiary/aromatic N) is 1. The standard InChI is InChI=1S/C14H10ClN3O/c15-10-5-1-2-6-11(10)18-14(19)12-8-9-4-3-7-16-13(9)17-12/h1-8H,(H,16,17)(H,18,19). The summed E-state index contributed by atoms with van der Waals surface area (Å²) in [6, 6.07) is 12.6. The molecule has 0 bridgehead atoms. The Hall–Kier alpha value is -2.33. The van der Waals surface area contributed by atoms with Crippen molar-refractivity contribution in [3.63, 3.8) is 0 Å². The lowest BCUT2D eigenvalue weighted by Crippen LogP contribution is -2.12. The van der Waals surface area contributed by atoms with Crippen molar-refractivity contribution in [3.05, 3.63) is 59.4 Å². The number of nitrogens with one attached hydrogen (secondary N) is 2. The lowest BCUT2D eigenvalue weighted by molar-refractivity contribution is 0.102. The summed E-state index contributed by atoms with van der Waals surface area (Å²) >= 11 is 6.00. The molecule has 0 saturated carbocycles. The van der Waals surface area contributed by atoms with Crippen LogP contribution < -0.4 is 5.32 Å². The number of amides is 1. The Morgan fingerprint density at radius 3 is 2.84 bits per heavy atom. The summed E-state index contributed by atoms with van der Waals surface area (Å²) in [5, 5.41) is 4.16. The van der Waals surface area contributed by atoms with E-state index in [0.717, 1.165) is 5.39 Å². The van der Waals surface area contributed by atoms with Gasteiger partial charge in [0.25, 0.3) is 5.91 Å². The fraction of sp³-hybridized carbons (Fsp3) is 0. The van der Waals surface area contributed by atoms with E-state index in [2.05, 4.69) is 15.3 Å². The quantitative estimate of drug-likeness (QED) is 0.750. The van der Waals surface area contributed by atoms with E-state index in [1.54, 1.807) is 24.4 Å². The van der Waals surface area contributed by atoms with Crippen LogP contribution in [0.4, 0.5) is 5.69 Å². The van der Waals surface area contributed by atoms with Gasteiger partial charge >= 0.3 is 0 Å². The average Bonchev–Trinajstić information content (AvgIpc) is 2.85. The van der Waals surface area contributed by atoms with E-state index < -0.39 is 0 Å². The van der Waals surface area contributed by atoms with Crippen LogP contribution in [0.25, 0.3) is 11.0 Å². The molecule has 0 aliphatic carbocycles. The Balaban J connectivity index is 1.90. The number of benzene rings is 1. The molecule has 0 aliphatic heterocycles. The third-order valence-electron chi connectivity index (χ3n) is 2.76. The third kappa shape index (κ3) is 2.30. The number of para-hydroxylation sites is 1. The Morgan fingerprint density at radius 2 is 2.05 bits per heavy atom. The minimum absolute atomic E-state index is 0.244. The van der Waals surface area contributed by atoms with Crippen molar-refractivity contribution >= 4 is 34.2 Å². The maximum Gasteiger partial charge on any atom is 0.272 e. The Kier molecular flexibility index (Phi) is 2.93. The van der Waals surface area contributed by atoms with Gasteiger partial charge in [0.2, 0.25) is 0 Å². The summed E-state index contributed by atoms with van der Waals surface area (Å²) in [5.41, 5.74) is 1.72. The molecule has 0 unspecified atom stereocenters. The molecule has 0 spiro atoms. The number of carbonyl (C=O) groups is 1. The fourth-order valence-corrected chi connectivity index (χ4v) is 2.02. The monoisotopic (exact) mass is 271 g/mol. The first-order valence-electron chi connectivity index (χ1n) is 5.73. The molecule has 3 aromatic rings.